The van der Waals surface area contributed by atoms with Gasteiger partial charge in [-0.25, -0.2) is 0 Å². The van der Waals surface area contributed by atoms with E-state index in [0.29, 0.717) is 6.10 Å². The van der Waals surface area contributed by atoms with E-state index in [0.717, 1.165) is 60.0 Å². The van der Waals surface area contributed by atoms with E-state index in [-0.39, 0.29) is 0 Å². The Labute approximate surface area is 124 Å². The third-order valence-corrected chi connectivity index (χ3v) is 4.82. The highest BCUT2D eigenvalue weighted by Gasteiger charge is 2.24. The van der Waals surface area contributed by atoms with Crippen molar-refractivity contribution in [3.8, 4) is 5.75 Å². The van der Waals surface area contributed by atoms with Crippen molar-refractivity contribution in [2.75, 3.05) is 0 Å². The number of rotatable bonds is 3. The zero-order valence-corrected chi connectivity index (χ0v) is 12.2. The third-order valence-electron chi connectivity index (χ3n) is 4.82. The van der Waals surface area contributed by atoms with Crippen LogP contribution in [0, 0.1) is 0 Å². The molecule has 0 bridgehead atoms. The fourth-order valence-electron chi connectivity index (χ4n) is 3.75. The van der Waals surface area contributed by atoms with Crippen LogP contribution in [0.3, 0.4) is 0 Å². The van der Waals surface area contributed by atoms with Gasteiger partial charge in [-0.15, -0.1) is 0 Å². The normalized spacial score (nSPS) is 18.9. The summed E-state index contributed by atoms with van der Waals surface area (Å²) in [5.41, 5.74) is 2.75. The van der Waals surface area contributed by atoms with Crippen LogP contribution in [0.4, 0.5) is 0 Å². The average molecular weight is 284 g/mol. The topological polar surface area (TPSA) is 39.4 Å². The van der Waals surface area contributed by atoms with Crippen molar-refractivity contribution in [2.24, 2.45) is 0 Å². The Morgan fingerprint density at radius 1 is 1.10 bits per heavy atom. The highest BCUT2D eigenvalue weighted by atomic mass is 16.5. The predicted octanol–water partition coefficient (Wildman–Crippen LogP) is 4.45. The summed E-state index contributed by atoms with van der Waals surface area (Å²) >= 11 is 0. The molecule has 1 aromatic heterocycles. The maximum absolute atomic E-state index is 11.4. The maximum atomic E-state index is 11.4. The second-order valence-corrected chi connectivity index (χ2v) is 6.21. The van der Waals surface area contributed by atoms with Crippen LogP contribution < -0.4 is 4.74 Å². The molecular formula is C18H20O3. The molecule has 0 spiro atoms. The molecular weight excluding hydrogens is 264 g/mol. The Morgan fingerprint density at radius 3 is 2.71 bits per heavy atom. The van der Waals surface area contributed by atoms with E-state index in [2.05, 4.69) is 0 Å². The molecule has 2 aliphatic carbocycles. The Hall–Kier alpha value is -1.77. The third kappa shape index (κ3) is 2.15. The summed E-state index contributed by atoms with van der Waals surface area (Å²) in [5.74, 6) is 1.87. The summed E-state index contributed by atoms with van der Waals surface area (Å²) in [7, 11) is 0. The van der Waals surface area contributed by atoms with Crippen molar-refractivity contribution in [3.63, 3.8) is 0 Å². The first-order valence-electron chi connectivity index (χ1n) is 8.06. The summed E-state index contributed by atoms with van der Waals surface area (Å²) in [5, 5.41) is 0.996. The monoisotopic (exact) mass is 284 g/mol. The molecule has 2 aromatic rings. The molecule has 110 valence electrons. The van der Waals surface area contributed by atoms with E-state index in [1.165, 1.54) is 31.2 Å². The first-order chi connectivity index (χ1) is 10.4. The lowest BCUT2D eigenvalue weighted by molar-refractivity contribution is 0.112. The highest BCUT2D eigenvalue weighted by Crippen LogP contribution is 2.39. The number of fused-ring (bicyclic) bond motifs is 3. The number of furan rings is 1. The molecule has 0 aliphatic heterocycles. The number of hydrogen-bond acceptors (Lipinski definition) is 3. The molecule has 0 atom stereocenters. The largest absolute Gasteiger partial charge is 0.486 e. The fourth-order valence-corrected chi connectivity index (χ4v) is 3.75. The molecule has 21 heavy (non-hydrogen) atoms. The number of ether oxygens (including phenoxy) is 1. The molecule has 3 nitrogen and oxygen atoms in total. The Balaban J connectivity index is 1.84. The van der Waals surface area contributed by atoms with Crippen molar-refractivity contribution >= 4 is 17.3 Å². The van der Waals surface area contributed by atoms with Gasteiger partial charge in [0.1, 0.15) is 5.76 Å². The van der Waals surface area contributed by atoms with Crippen LogP contribution in [0.2, 0.25) is 0 Å². The SMILES string of the molecule is O=Cc1ccc(OC2CCCC2)c2oc3c(c12)CCCC3. The van der Waals surface area contributed by atoms with Gasteiger partial charge < -0.3 is 9.15 Å². The van der Waals surface area contributed by atoms with Crippen molar-refractivity contribution in [2.45, 2.75) is 57.5 Å². The lowest BCUT2D eigenvalue weighted by Gasteiger charge is -2.13. The standard InChI is InChI=1S/C18H20O3/c19-11-12-9-10-16(20-13-5-1-2-6-13)18-17(12)14-7-3-4-8-15(14)21-18/h9-11,13H,1-8H2. The average Bonchev–Trinajstić information content (AvgIpc) is 3.15. The fraction of sp³-hybridized carbons (Fsp3) is 0.500. The van der Waals surface area contributed by atoms with E-state index in [4.69, 9.17) is 9.15 Å². The minimum absolute atomic E-state index is 0.303. The van der Waals surface area contributed by atoms with E-state index in [1.807, 2.05) is 12.1 Å². The summed E-state index contributed by atoms with van der Waals surface area (Å²) in [6, 6.07) is 3.78. The van der Waals surface area contributed by atoms with Gasteiger partial charge in [0.05, 0.1) is 6.10 Å². The van der Waals surface area contributed by atoms with Crippen LogP contribution in [-0.4, -0.2) is 12.4 Å². The van der Waals surface area contributed by atoms with E-state index in [9.17, 15) is 4.79 Å². The molecule has 4 rings (SSSR count). The van der Waals surface area contributed by atoms with Crippen molar-refractivity contribution < 1.29 is 13.9 Å². The number of benzene rings is 1. The van der Waals surface area contributed by atoms with Crippen molar-refractivity contribution in [3.05, 3.63) is 29.0 Å². The summed E-state index contributed by atoms with van der Waals surface area (Å²) in [4.78, 5) is 11.4. The molecule has 2 aliphatic rings. The van der Waals surface area contributed by atoms with Gasteiger partial charge in [0.25, 0.3) is 0 Å². The van der Waals surface area contributed by atoms with Crippen LogP contribution in [0.5, 0.6) is 5.75 Å². The molecule has 0 unspecified atom stereocenters. The molecule has 1 heterocycles. The quantitative estimate of drug-likeness (QED) is 0.782. The number of hydrogen-bond donors (Lipinski definition) is 0. The molecule has 0 saturated heterocycles. The zero-order chi connectivity index (χ0) is 14.2. The summed E-state index contributed by atoms with van der Waals surface area (Å²) in [6.45, 7) is 0. The highest BCUT2D eigenvalue weighted by molar-refractivity contribution is 6.01. The van der Waals surface area contributed by atoms with E-state index >= 15 is 0 Å². The van der Waals surface area contributed by atoms with Gasteiger partial charge in [-0.1, -0.05) is 0 Å². The smallest absolute Gasteiger partial charge is 0.177 e. The van der Waals surface area contributed by atoms with Crippen LogP contribution in [0.1, 0.15) is 60.2 Å². The molecule has 1 saturated carbocycles. The Kier molecular flexibility index (Phi) is 3.21. The van der Waals surface area contributed by atoms with Crippen molar-refractivity contribution in [1.29, 1.82) is 0 Å². The first-order valence-corrected chi connectivity index (χ1v) is 8.06. The van der Waals surface area contributed by atoms with Gasteiger partial charge in [0.2, 0.25) is 0 Å². The molecule has 1 fully saturated rings. The summed E-state index contributed by atoms with van der Waals surface area (Å²) < 4.78 is 12.2. The van der Waals surface area contributed by atoms with Crippen LogP contribution >= 0.6 is 0 Å². The van der Waals surface area contributed by atoms with Crippen LogP contribution in [-0.2, 0) is 12.8 Å². The predicted molar refractivity (Wildman–Crippen MR) is 81.1 cm³/mol. The maximum Gasteiger partial charge on any atom is 0.177 e. The van der Waals surface area contributed by atoms with Gasteiger partial charge in [-0.2, -0.15) is 0 Å². The number of carbonyl (C=O) groups is 1. The molecule has 0 radical (unpaired) electrons. The van der Waals surface area contributed by atoms with Gasteiger partial charge in [-0.3, -0.25) is 4.79 Å². The molecule has 3 heteroatoms. The van der Waals surface area contributed by atoms with Crippen LogP contribution in [0.15, 0.2) is 16.5 Å². The lowest BCUT2D eigenvalue weighted by Crippen LogP contribution is -2.11. The Morgan fingerprint density at radius 2 is 1.90 bits per heavy atom. The van der Waals surface area contributed by atoms with E-state index in [1.54, 1.807) is 0 Å². The minimum atomic E-state index is 0.303. The lowest BCUT2D eigenvalue weighted by atomic mass is 9.94. The van der Waals surface area contributed by atoms with Crippen LogP contribution in [0.25, 0.3) is 11.0 Å². The van der Waals surface area contributed by atoms with Gasteiger partial charge >= 0.3 is 0 Å². The molecule has 0 N–H and O–H groups in total. The van der Waals surface area contributed by atoms with Gasteiger partial charge in [0.15, 0.2) is 17.6 Å². The second kappa shape index (κ2) is 5.21. The number of aldehydes is 1. The minimum Gasteiger partial charge on any atom is -0.486 e. The molecule has 1 aromatic carbocycles. The number of carbonyl (C=O) groups excluding carboxylic acids is 1. The zero-order valence-electron chi connectivity index (χ0n) is 12.2. The molecule has 0 amide bonds. The van der Waals surface area contributed by atoms with Crippen molar-refractivity contribution in [1.82, 2.24) is 0 Å². The van der Waals surface area contributed by atoms with E-state index < -0.39 is 0 Å². The second-order valence-electron chi connectivity index (χ2n) is 6.21. The summed E-state index contributed by atoms with van der Waals surface area (Å²) in [6.07, 6.45) is 10.3. The van der Waals surface area contributed by atoms with Gasteiger partial charge in [0, 0.05) is 22.9 Å². The number of aryl methyl sites for hydroxylation is 2. The first kappa shape index (κ1) is 12.9. The Bertz CT molecular complexity index is 677. The van der Waals surface area contributed by atoms with Gasteiger partial charge in [-0.05, 0) is 57.1 Å².